The zero-order valence-corrected chi connectivity index (χ0v) is 18.7. The van der Waals surface area contributed by atoms with Gasteiger partial charge in [0.2, 0.25) is 11.8 Å². The first kappa shape index (κ1) is 24.4. The third-order valence-electron chi connectivity index (χ3n) is 5.95. The number of nitrogens with one attached hydrogen (secondary N) is 2. The van der Waals surface area contributed by atoms with Crippen LogP contribution in [0, 0.1) is 5.92 Å². The topological polar surface area (TPSA) is 129 Å². The summed E-state index contributed by atoms with van der Waals surface area (Å²) in [6.07, 6.45) is 10.2. The van der Waals surface area contributed by atoms with Gasteiger partial charge >= 0.3 is 0 Å². The largest absolute Gasteiger partial charge is 0.483 e. The molecule has 3 N–H and O–H groups in total. The molecular formula is C23H32N6O4. The lowest BCUT2D eigenvalue weighted by Crippen LogP contribution is -2.46. The number of hydrogen-bond acceptors (Lipinski definition) is 6. The second-order valence-corrected chi connectivity index (χ2v) is 8.44. The number of carbonyl (C=O) groups excluding carboxylic acids is 2. The van der Waals surface area contributed by atoms with E-state index in [0.29, 0.717) is 25.6 Å². The molecule has 33 heavy (non-hydrogen) atoms. The molecule has 2 aromatic rings. The minimum Gasteiger partial charge on any atom is -0.483 e. The molecule has 10 nitrogen and oxygen atoms in total. The average Bonchev–Trinajstić information content (AvgIpc) is 3.35. The summed E-state index contributed by atoms with van der Waals surface area (Å²) in [6.45, 7) is 2.10. The van der Waals surface area contributed by atoms with Gasteiger partial charge in [-0.2, -0.15) is 5.10 Å². The van der Waals surface area contributed by atoms with E-state index in [1.54, 1.807) is 23.3 Å². The third kappa shape index (κ3) is 8.30. The highest BCUT2D eigenvalue weighted by atomic mass is 16.3. The van der Waals surface area contributed by atoms with Gasteiger partial charge in [0.15, 0.2) is 0 Å². The van der Waals surface area contributed by atoms with Gasteiger partial charge in [-0.05, 0) is 49.8 Å². The van der Waals surface area contributed by atoms with Crippen LogP contribution < -0.4 is 10.6 Å². The normalized spacial score (nSPS) is 19.9. The minimum atomic E-state index is -0.250. The molecule has 4 rings (SSSR count). The first-order chi connectivity index (χ1) is 16.1. The lowest BCUT2D eigenvalue weighted by atomic mass is 10.1. The summed E-state index contributed by atoms with van der Waals surface area (Å²) in [6, 6.07) is 8.05. The summed E-state index contributed by atoms with van der Waals surface area (Å²) >= 11 is 0. The van der Waals surface area contributed by atoms with Gasteiger partial charge in [-0.15, -0.1) is 0 Å². The van der Waals surface area contributed by atoms with Crippen molar-refractivity contribution in [3.05, 3.63) is 48.5 Å². The van der Waals surface area contributed by atoms with Crippen molar-refractivity contribution >= 4 is 18.3 Å². The molecule has 1 saturated carbocycles. The van der Waals surface area contributed by atoms with Crippen LogP contribution in [0.5, 0.6) is 0 Å². The van der Waals surface area contributed by atoms with E-state index < -0.39 is 0 Å². The predicted molar refractivity (Wildman–Crippen MR) is 121 cm³/mol. The second kappa shape index (κ2) is 12.7. The quantitative estimate of drug-likeness (QED) is 0.456. The number of pyridine rings is 1. The molecule has 2 atom stereocenters. The van der Waals surface area contributed by atoms with E-state index in [4.69, 9.17) is 9.90 Å². The van der Waals surface area contributed by atoms with Crippen molar-refractivity contribution in [3.8, 4) is 0 Å². The van der Waals surface area contributed by atoms with Gasteiger partial charge in [0.25, 0.3) is 6.47 Å². The molecule has 0 bridgehead atoms. The van der Waals surface area contributed by atoms with Crippen LogP contribution >= 0.6 is 0 Å². The van der Waals surface area contributed by atoms with Gasteiger partial charge in [-0.25, -0.2) is 0 Å². The highest BCUT2D eigenvalue weighted by molar-refractivity contribution is 5.76. The highest BCUT2D eigenvalue weighted by Gasteiger charge is 2.37. The van der Waals surface area contributed by atoms with E-state index in [-0.39, 0.29) is 30.9 Å². The Kier molecular flexibility index (Phi) is 9.37. The standard InChI is InChI=1S/C22H30N6O2.CH2O2/c29-21(24-13-18-4-1-2-9-23-18)12-19-7-8-20(28(19)15-17-5-6-17)14-25-22(30)16-27-11-3-10-26-27;2-1-3/h1-4,9-11,17,19-20H,5-8,12-16H2,(H,24,29)(H,25,30);1H,(H,2,3)/t19-,20+;/m1./s1. The Hall–Kier alpha value is -3.27. The Morgan fingerprint density at radius 2 is 1.85 bits per heavy atom. The van der Waals surface area contributed by atoms with Crippen LogP contribution in [0.3, 0.4) is 0 Å². The third-order valence-corrected chi connectivity index (χ3v) is 5.95. The molecule has 2 aliphatic rings. The van der Waals surface area contributed by atoms with Crippen LogP contribution in [0.25, 0.3) is 0 Å². The fourth-order valence-corrected chi connectivity index (χ4v) is 4.16. The molecule has 1 aliphatic heterocycles. The zero-order chi connectivity index (χ0) is 23.5. The summed E-state index contributed by atoms with van der Waals surface area (Å²) in [5, 5.41) is 17.0. The van der Waals surface area contributed by atoms with Crippen molar-refractivity contribution in [2.45, 2.75) is 57.3 Å². The fraction of sp³-hybridized carbons (Fsp3) is 0.522. The summed E-state index contributed by atoms with van der Waals surface area (Å²) < 4.78 is 1.63. The van der Waals surface area contributed by atoms with E-state index in [0.717, 1.165) is 31.0 Å². The van der Waals surface area contributed by atoms with E-state index in [1.165, 1.54) is 12.8 Å². The van der Waals surface area contributed by atoms with Crippen molar-refractivity contribution in [1.82, 2.24) is 30.3 Å². The van der Waals surface area contributed by atoms with Crippen LogP contribution in [0.2, 0.25) is 0 Å². The molecule has 0 spiro atoms. The van der Waals surface area contributed by atoms with E-state index in [2.05, 4.69) is 25.6 Å². The second-order valence-electron chi connectivity index (χ2n) is 8.44. The number of rotatable bonds is 10. The van der Waals surface area contributed by atoms with Crippen molar-refractivity contribution in [2.75, 3.05) is 13.1 Å². The van der Waals surface area contributed by atoms with Gasteiger partial charge < -0.3 is 15.7 Å². The monoisotopic (exact) mass is 456 g/mol. The highest BCUT2D eigenvalue weighted by Crippen LogP contribution is 2.35. The molecule has 178 valence electrons. The molecule has 1 saturated heterocycles. The van der Waals surface area contributed by atoms with Crippen molar-refractivity contribution in [1.29, 1.82) is 0 Å². The summed E-state index contributed by atoms with van der Waals surface area (Å²) in [5.74, 6) is 0.779. The maximum Gasteiger partial charge on any atom is 0.290 e. The Bertz CT molecular complexity index is 872. The Morgan fingerprint density at radius 1 is 1.06 bits per heavy atom. The Labute approximate surface area is 193 Å². The van der Waals surface area contributed by atoms with Crippen molar-refractivity contribution in [2.24, 2.45) is 5.92 Å². The molecule has 0 aromatic carbocycles. The molecule has 2 amide bonds. The van der Waals surface area contributed by atoms with Gasteiger partial charge in [0, 0.05) is 50.2 Å². The molecule has 3 heterocycles. The lowest BCUT2D eigenvalue weighted by Gasteiger charge is -2.30. The molecular weight excluding hydrogens is 424 g/mol. The maximum absolute atomic E-state index is 12.5. The maximum atomic E-state index is 12.5. The van der Waals surface area contributed by atoms with Crippen LogP contribution in [0.1, 0.15) is 37.8 Å². The number of hydrogen-bond donors (Lipinski definition) is 3. The van der Waals surface area contributed by atoms with Gasteiger partial charge in [-0.3, -0.25) is 28.9 Å². The Balaban J connectivity index is 0.000000968. The lowest BCUT2D eigenvalue weighted by molar-refractivity contribution is -0.123. The van der Waals surface area contributed by atoms with Gasteiger partial charge in [0.1, 0.15) is 6.54 Å². The molecule has 0 radical (unpaired) electrons. The summed E-state index contributed by atoms with van der Waals surface area (Å²) in [7, 11) is 0. The zero-order valence-electron chi connectivity index (χ0n) is 18.7. The van der Waals surface area contributed by atoms with Crippen molar-refractivity contribution in [3.63, 3.8) is 0 Å². The summed E-state index contributed by atoms with van der Waals surface area (Å²) in [5.41, 5.74) is 0.866. The first-order valence-electron chi connectivity index (χ1n) is 11.3. The van der Waals surface area contributed by atoms with E-state index in [1.807, 2.05) is 24.3 Å². The molecule has 2 fully saturated rings. The summed E-state index contributed by atoms with van der Waals surface area (Å²) in [4.78, 5) is 39.8. The number of aromatic nitrogens is 3. The first-order valence-corrected chi connectivity index (χ1v) is 11.3. The number of carbonyl (C=O) groups is 3. The average molecular weight is 457 g/mol. The number of carboxylic acid groups (broad SMARTS) is 1. The van der Waals surface area contributed by atoms with Crippen LogP contribution in [0.15, 0.2) is 42.9 Å². The number of amides is 2. The molecule has 0 unspecified atom stereocenters. The van der Waals surface area contributed by atoms with Crippen LogP contribution in [-0.2, 0) is 27.5 Å². The van der Waals surface area contributed by atoms with Gasteiger partial charge in [0.05, 0.1) is 12.2 Å². The number of nitrogens with zero attached hydrogens (tertiary/aromatic N) is 4. The van der Waals surface area contributed by atoms with Gasteiger partial charge in [-0.1, -0.05) is 6.07 Å². The minimum absolute atomic E-state index is 0.0263. The van der Waals surface area contributed by atoms with Crippen LogP contribution in [-0.4, -0.2) is 68.2 Å². The molecule has 1 aliphatic carbocycles. The SMILES string of the molecule is O=C(C[C@H]1CC[C@@H](CNC(=O)Cn2cccn2)N1CC1CC1)NCc1ccccn1.O=CO. The smallest absolute Gasteiger partial charge is 0.290 e. The molecule has 2 aromatic heterocycles. The van der Waals surface area contributed by atoms with E-state index >= 15 is 0 Å². The number of likely N-dealkylation sites (tertiary alicyclic amines) is 1. The van der Waals surface area contributed by atoms with Crippen molar-refractivity contribution < 1.29 is 19.5 Å². The van der Waals surface area contributed by atoms with Crippen LogP contribution in [0.4, 0.5) is 0 Å². The predicted octanol–water partition coefficient (Wildman–Crippen LogP) is 1.04. The van der Waals surface area contributed by atoms with E-state index in [9.17, 15) is 9.59 Å². The fourth-order valence-electron chi connectivity index (χ4n) is 4.16. The Morgan fingerprint density at radius 3 is 2.52 bits per heavy atom. The molecule has 10 heteroatoms.